The highest BCUT2D eigenvalue weighted by atomic mass is 35.5. The van der Waals surface area contributed by atoms with Gasteiger partial charge in [0, 0.05) is 13.1 Å². The Balaban J connectivity index is 3.08. The summed E-state index contributed by atoms with van der Waals surface area (Å²) < 4.78 is 26.2. The number of likely N-dealkylation sites (N-methyl/N-ethyl adjacent to an activating group) is 1. The molecule has 0 aliphatic heterocycles. The standard InChI is InChI=1S/C10H12ClN3O2S/c1-13-5-6-14-17(15,16)10-4-2-3-9(11)8(10)7-12/h2-4,13-14H,5-6H2,1H3. The average molecular weight is 274 g/mol. The van der Waals surface area contributed by atoms with E-state index in [1.807, 2.05) is 0 Å². The normalized spacial score (nSPS) is 11.1. The van der Waals surface area contributed by atoms with E-state index in [4.69, 9.17) is 16.9 Å². The van der Waals surface area contributed by atoms with Gasteiger partial charge in [0.1, 0.15) is 11.0 Å². The predicted octanol–water partition coefficient (Wildman–Crippen LogP) is 0.709. The number of hydrogen-bond donors (Lipinski definition) is 2. The summed E-state index contributed by atoms with van der Waals surface area (Å²) in [6, 6.07) is 6.12. The Bertz CT molecular complexity index is 537. The third-order valence-corrected chi connectivity index (χ3v) is 3.86. The molecule has 1 rings (SSSR count). The van der Waals surface area contributed by atoms with Crippen molar-refractivity contribution in [2.75, 3.05) is 20.1 Å². The Morgan fingerprint density at radius 3 is 2.71 bits per heavy atom. The summed E-state index contributed by atoms with van der Waals surface area (Å²) >= 11 is 5.77. The maximum absolute atomic E-state index is 11.9. The zero-order valence-corrected chi connectivity index (χ0v) is 10.8. The highest BCUT2D eigenvalue weighted by Crippen LogP contribution is 2.22. The van der Waals surface area contributed by atoms with Gasteiger partial charge in [0.15, 0.2) is 0 Å². The number of sulfonamides is 1. The van der Waals surface area contributed by atoms with Crippen LogP contribution in [0.15, 0.2) is 23.1 Å². The molecule has 92 valence electrons. The molecule has 0 spiro atoms. The minimum Gasteiger partial charge on any atom is -0.318 e. The number of nitriles is 1. The van der Waals surface area contributed by atoms with E-state index in [-0.39, 0.29) is 22.0 Å². The predicted molar refractivity (Wildman–Crippen MR) is 65.3 cm³/mol. The Morgan fingerprint density at radius 1 is 1.41 bits per heavy atom. The summed E-state index contributed by atoms with van der Waals surface area (Å²) in [7, 11) is -1.98. The zero-order chi connectivity index (χ0) is 12.9. The molecule has 5 nitrogen and oxygen atoms in total. The van der Waals surface area contributed by atoms with Crippen molar-refractivity contribution < 1.29 is 8.42 Å². The van der Waals surface area contributed by atoms with Gasteiger partial charge in [-0.2, -0.15) is 5.26 Å². The molecule has 0 saturated heterocycles. The van der Waals surface area contributed by atoms with E-state index in [1.165, 1.54) is 18.2 Å². The van der Waals surface area contributed by atoms with Crippen LogP contribution in [0.5, 0.6) is 0 Å². The maximum Gasteiger partial charge on any atom is 0.241 e. The van der Waals surface area contributed by atoms with Crippen LogP contribution < -0.4 is 10.0 Å². The van der Waals surface area contributed by atoms with Crippen LogP contribution in [-0.4, -0.2) is 28.6 Å². The highest BCUT2D eigenvalue weighted by molar-refractivity contribution is 7.89. The van der Waals surface area contributed by atoms with Crippen molar-refractivity contribution in [3.8, 4) is 6.07 Å². The third kappa shape index (κ3) is 3.41. The Kier molecular flexibility index (Phi) is 4.90. The minimum atomic E-state index is -3.69. The number of hydrogen-bond acceptors (Lipinski definition) is 4. The van der Waals surface area contributed by atoms with Crippen LogP contribution in [0.1, 0.15) is 5.56 Å². The molecule has 1 aromatic carbocycles. The first-order valence-electron chi connectivity index (χ1n) is 4.86. The maximum atomic E-state index is 11.9. The lowest BCUT2D eigenvalue weighted by Crippen LogP contribution is -2.31. The first-order valence-corrected chi connectivity index (χ1v) is 6.72. The van der Waals surface area contributed by atoms with Gasteiger partial charge in [0.05, 0.1) is 10.6 Å². The van der Waals surface area contributed by atoms with Crippen molar-refractivity contribution in [1.29, 1.82) is 5.26 Å². The van der Waals surface area contributed by atoms with Gasteiger partial charge in [-0.3, -0.25) is 0 Å². The first-order chi connectivity index (χ1) is 8.03. The number of benzene rings is 1. The van der Waals surface area contributed by atoms with Gasteiger partial charge in [-0.15, -0.1) is 0 Å². The molecule has 17 heavy (non-hydrogen) atoms. The molecule has 0 radical (unpaired) electrons. The largest absolute Gasteiger partial charge is 0.318 e. The van der Waals surface area contributed by atoms with Crippen molar-refractivity contribution in [2.24, 2.45) is 0 Å². The zero-order valence-electron chi connectivity index (χ0n) is 9.20. The quantitative estimate of drug-likeness (QED) is 0.774. The average Bonchev–Trinajstić information content (AvgIpc) is 2.29. The van der Waals surface area contributed by atoms with Crippen LogP contribution in [0.4, 0.5) is 0 Å². The molecule has 0 fully saturated rings. The second-order valence-corrected chi connectivity index (χ2v) is 5.37. The Hall–Kier alpha value is -1.13. The third-order valence-electron chi connectivity index (χ3n) is 2.04. The molecular weight excluding hydrogens is 262 g/mol. The molecule has 1 aromatic rings. The van der Waals surface area contributed by atoms with Crippen LogP contribution >= 0.6 is 11.6 Å². The molecule has 0 aliphatic rings. The summed E-state index contributed by atoms with van der Waals surface area (Å²) in [4.78, 5) is -0.0939. The number of halogens is 1. The fraction of sp³-hybridized carbons (Fsp3) is 0.300. The van der Waals surface area contributed by atoms with E-state index in [0.717, 1.165) is 0 Å². The summed E-state index contributed by atoms with van der Waals surface area (Å²) in [5.74, 6) is 0. The second kappa shape index (κ2) is 5.98. The number of nitrogens with zero attached hydrogens (tertiary/aromatic N) is 1. The van der Waals surface area contributed by atoms with Crippen LogP contribution in [-0.2, 0) is 10.0 Å². The van der Waals surface area contributed by atoms with Crippen LogP contribution in [0.2, 0.25) is 5.02 Å². The van der Waals surface area contributed by atoms with E-state index in [0.29, 0.717) is 6.54 Å². The number of rotatable bonds is 5. The van der Waals surface area contributed by atoms with Gasteiger partial charge in [-0.25, -0.2) is 13.1 Å². The van der Waals surface area contributed by atoms with E-state index < -0.39 is 10.0 Å². The SMILES string of the molecule is CNCCNS(=O)(=O)c1cccc(Cl)c1C#N. The van der Waals surface area contributed by atoms with E-state index in [2.05, 4.69) is 10.0 Å². The van der Waals surface area contributed by atoms with Crippen LogP contribution in [0.25, 0.3) is 0 Å². The lowest BCUT2D eigenvalue weighted by Gasteiger charge is -2.08. The molecular formula is C10H12ClN3O2S. The topological polar surface area (TPSA) is 82.0 Å². The minimum absolute atomic E-state index is 0.0360. The summed E-state index contributed by atoms with van der Waals surface area (Å²) in [5, 5.41) is 11.8. The molecule has 7 heteroatoms. The summed E-state index contributed by atoms with van der Waals surface area (Å²) in [6.45, 7) is 0.748. The van der Waals surface area contributed by atoms with E-state index in [9.17, 15) is 8.42 Å². The molecule has 0 saturated carbocycles. The van der Waals surface area contributed by atoms with Crippen molar-refractivity contribution in [1.82, 2.24) is 10.0 Å². The second-order valence-electron chi connectivity index (χ2n) is 3.23. The molecule has 0 atom stereocenters. The smallest absolute Gasteiger partial charge is 0.241 e. The molecule has 0 unspecified atom stereocenters. The lowest BCUT2D eigenvalue weighted by molar-refractivity contribution is 0.579. The molecule has 0 amide bonds. The fourth-order valence-corrected chi connectivity index (χ4v) is 2.71. The summed E-state index contributed by atoms with van der Waals surface area (Å²) in [6.07, 6.45) is 0. The Labute approximate surface area is 105 Å². The molecule has 0 aliphatic carbocycles. The van der Waals surface area contributed by atoms with E-state index >= 15 is 0 Å². The molecule has 2 N–H and O–H groups in total. The van der Waals surface area contributed by atoms with Gasteiger partial charge in [0.25, 0.3) is 0 Å². The van der Waals surface area contributed by atoms with Crippen molar-refractivity contribution in [3.63, 3.8) is 0 Å². The lowest BCUT2D eigenvalue weighted by atomic mass is 10.2. The van der Waals surface area contributed by atoms with Gasteiger partial charge in [-0.1, -0.05) is 17.7 Å². The van der Waals surface area contributed by atoms with Gasteiger partial charge >= 0.3 is 0 Å². The highest BCUT2D eigenvalue weighted by Gasteiger charge is 2.19. The van der Waals surface area contributed by atoms with Gasteiger partial charge < -0.3 is 5.32 Å². The van der Waals surface area contributed by atoms with E-state index in [1.54, 1.807) is 13.1 Å². The van der Waals surface area contributed by atoms with Gasteiger partial charge in [0.2, 0.25) is 10.0 Å². The Morgan fingerprint density at radius 2 is 2.12 bits per heavy atom. The summed E-state index contributed by atoms with van der Waals surface area (Å²) in [5.41, 5.74) is -0.0360. The van der Waals surface area contributed by atoms with Crippen LogP contribution in [0, 0.1) is 11.3 Å². The first kappa shape index (κ1) is 13.9. The van der Waals surface area contributed by atoms with Crippen LogP contribution in [0.3, 0.4) is 0 Å². The van der Waals surface area contributed by atoms with Crippen molar-refractivity contribution >= 4 is 21.6 Å². The van der Waals surface area contributed by atoms with Gasteiger partial charge in [-0.05, 0) is 19.2 Å². The molecule has 0 bridgehead atoms. The number of nitrogens with one attached hydrogen (secondary N) is 2. The fourth-order valence-electron chi connectivity index (χ4n) is 1.22. The monoisotopic (exact) mass is 273 g/mol. The molecule has 0 aromatic heterocycles. The van der Waals surface area contributed by atoms with Crippen molar-refractivity contribution in [3.05, 3.63) is 28.8 Å². The molecule has 0 heterocycles. The van der Waals surface area contributed by atoms with Crippen molar-refractivity contribution in [2.45, 2.75) is 4.90 Å².